The summed E-state index contributed by atoms with van der Waals surface area (Å²) in [7, 11) is 0. The lowest BCUT2D eigenvalue weighted by atomic mass is 9.95. The van der Waals surface area contributed by atoms with Gasteiger partial charge in [-0.25, -0.2) is 10.3 Å². The molecule has 0 saturated carbocycles. The van der Waals surface area contributed by atoms with Crippen LogP contribution in [0.15, 0.2) is 18.2 Å². The quantitative estimate of drug-likeness (QED) is 0.855. The molecule has 0 bridgehead atoms. The van der Waals surface area contributed by atoms with E-state index in [-0.39, 0.29) is 12.2 Å². The van der Waals surface area contributed by atoms with Crippen LogP contribution in [0.3, 0.4) is 0 Å². The van der Waals surface area contributed by atoms with Crippen molar-refractivity contribution in [3.05, 3.63) is 35.0 Å². The minimum Gasteiger partial charge on any atom is -0.358 e. The summed E-state index contributed by atoms with van der Waals surface area (Å²) in [6.45, 7) is 0.696. The molecular weight excluding hydrogens is 292 g/mol. The van der Waals surface area contributed by atoms with Crippen LogP contribution in [-0.4, -0.2) is 23.8 Å². The molecule has 23 heavy (non-hydrogen) atoms. The van der Waals surface area contributed by atoms with Crippen molar-refractivity contribution in [3.63, 3.8) is 0 Å². The third-order valence-corrected chi connectivity index (χ3v) is 4.78. The summed E-state index contributed by atoms with van der Waals surface area (Å²) in [4.78, 5) is 21.2. The van der Waals surface area contributed by atoms with Gasteiger partial charge < -0.3 is 9.72 Å². The molecule has 0 unspecified atom stereocenters. The Labute approximate surface area is 135 Å². The number of hydroxylamine groups is 1. The van der Waals surface area contributed by atoms with Crippen LogP contribution in [0.5, 0.6) is 0 Å². The van der Waals surface area contributed by atoms with Crippen molar-refractivity contribution in [1.82, 2.24) is 10.5 Å². The van der Waals surface area contributed by atoms with Crippen LogP contribution in [0.25, 0.3) is 10.9 Å². The number of nitrogens with one attached hydrogen (secondary N) is 2. The van der Waals surface area contributed by atoms with Crippen LogP contribution >= 0.6 is 0 Å². The van der Waals surface area contributed by atoms with Crippen molar-refractivity contribution in [3.8, 4) is 0 Å². The van der Waals surface area contributed by atoms with Crippen LogP contribution in [0.1, 0.15) is 53.7 Å². The van der Waals surface area contributed by atoms with Gasteiger partial charge in [0.1, 0.15) is 0 Å². The fourth-order valence-electron chi connectivity index (χ4n) is 3.53. The monoisotopic (exact) mass is 314 g/mol. The van der Waals surface area contributed by atoms with Crippen molar-refractivity contribution >= 4 is 16.8 Å². The molecule has 0 radical (unpaired) electrons. The predicted molar refractivity (Wildman–Crippen MR) is 87.1 cm³/mol. The van der Waals surface area contributed by atoms with Gasteiger partial charge in [-0.15, -0.1) is 0 Å². The maximum atomic E-state index is 12.3. The normalized spacial score (nSPS) is 21.1. The molecular formula is C18H22N2O3. The smallest absolute Gasteiger partial charge is 0.274 e. The number of aromatic amines is 1. The molecule has 1 aliphatic heterocycles. The fourth-order valence-corrected chi connectivity index (χ4v) is 3.53. The van der Waals surface area contributed by atoms with Gasteiger partial charge in [-0.3, -0.25) is 4.79 Å². The summed E-state index contributed by atoms with van der Waals surface area (Å²) >= 11 is 0. The molecule has 2 N–H and O–H groups in total. The third-order valence-electron chi connectivity index (χ3n) is 4.78. The highest BCUT2D eigenvalue weighted by Gasteiger charge is 2.18. The Morgan fingerprint density at radius 3 is 3.00 bits per heavy atom. The van der Waals surface area contributed by atoms with Crippen molar-refractivity contribution in [1.29, 1.82) is 0 Å². The topological polar surface area (TPSA) is 63.4 Å². The SMILES string of the molecule is O=C(NO[C@@H]1CCCCO1)c1ccc2[nH]c3c(c2c1)CCCC3. The minimum absolute atomic E-state index is 0.216. The van der Waals surface area contributed by atoms with E-state index in [1.165, 1.54) is 29.5 Å². The molecule has 2 aromatic rings. The number of carbonyl (C=O) groups excluding carboxylic acids is 1. The summed E-state index contributed by atoms with van der Waals surface area (Å²) in [5.41, 5.74) is 6.97. The average Bonchev–Trinajstić information content (AvgIpc) is 2.98. The number of ether oxygens (including phenoxy) is 1. The first-order chi connectivity index (χ1) is 11.3. The van der Waals surface area contributed by atoms with Crippen LogP contribution in [0, 0.1) is 0 Å². The van der Waals surface area contributed by atoms with Gasteiger partial charge in [0.15, 0.2) is 6.29 Å². The molecule has 1 atom stereocenters. The molecule has 2 heterocycles. The highest BCUT2D eigenvalue weighted by Crippen LogP contribution is 2.29. The van der Waals surface area contributed by atoms with E-state index in [9.17, 15) is 4.79 Å². The van der Waals surface area contributed by atoms with Gasteiger partial charge in [0.2, 0.25) is 0 Å². The van der Waals surface area contributed by atoms with Crippen LogP contribution in [0.2, 0.25) is 0 Å². The Bertz CT molecular complexity index is 716. The number of hydrogen-bond donors (Lipinski definition) is 2. The van der Waals surface area contributed by atoms with E-state index in [1.807, 2.05) is 18.2 Å². The second kappa shape index (κ2) is 6.34. The van der Waals surface area contributed by atoms with Gasteiger partial charge in [0.25, 0.3) is 5.91 Å². The van der Waals surface area contributed by atoms with Crippen molar-refractivity contribution in [2.75, 3.05) is 6.61 Å². The third kappa shape index (κ3) is 2.99. The molecule has 5 nitrogen and oxygen atoms in total. The van der Waals surface area contributed by atoms with Crippen LogP contribution in [-0.2, 0) is 22.4 Å². The minimum atomic E-state index is -0.323. The number of rotatable bonds is 3. The highest BCUT2D eigenvalue weighted by molar-refractivity contribution is 5.98. The van der Waals surface area contributed by atoms with Crippen molar-refractivity contribution in [2.24, 2.45) is 0 Å². The van der Waals surface area contributed by atoms with E-state index < -0.39 is 0 Å². The number of hydrogen-bond acceptors (Lipinski definition) is 3. The van der Waals surface area contributed by atoms with Gasteiger partial charge in [0, 0.05) is 35.2 Å². The molecule has 2 aliphatic rings. The van der Waals surface area contributed by atoms with Gasteiger partial charge in [-0.2, -0.15) is 0 Å². The molecule has 1 fully saturated rings. The zero-order valence-electron chi connectivity index (χ0n) is 13.2. The Kier molecular flexibility index (Phi) is 4.06. The van der Waals surface area contributed by atoms with E-state index in [4.69, 9.17) is 9.57 Å². The van der Waals surface area contributed by atoms with E-state index in [0.29, 0.717) is 12.2 Å². The summed E-state index contributed by atoms with van der Waals surface area (Å²) in [6.07, 6.45) is 7.29. The first kappa shape index (κ1) is 14.7. The number of amides is 1. The molecule has 1 saturated heterocycles. The largest absolute Gasteiger partial charge is 0.358 e. The summed E-state index contributed by atoms with van der Waals surface area (Å²) in [6, 6.07) is 5.79. The van der Waals surface area contributed by atoms with E-state index in [1.54, 1.807) is 0 Å². The van der Waals surface area contributed by atoms with Crippen molar-refractivity contribution < 1.29 is 14.4 Å². The van der Waals surface area contributed by atoms with Crippen molar-refractivity contribution in [2.45, 2.75) is 51.2 Å². The molecule has 1 aliphatic carbocycles. The average molecular weight is 314 g/mol. The lowest BCUT2D eigenvalue weighted by Crippen LogP contribution is -2.33. The summed E-state index contributed by atoms with van der Waals surface area (Å²) in [5, 5.41) is 1.17. The number of fused-ring (bicyclic) bond motifs is 3. The van der Waals surface area contributed by atoms with Crippen LogP contribution in [0.4, 0.5) is 0 Å². The standard InChI is InChI=1S/C18H22N2O3/c21-18(20-23-17-7-3-4-10-22-17)12-8-9-16-14(11-12)13-5-1-2-6-15(13)19-16/h8-9,11,17,19H,1-7,10H2,(H,20,21)/t17-/m1/s1. The molecule has 122 valence electrons. The highest BCUT2D eigenvalue weighted by atomic mass is 16.8. The lowest BCUT2D eigenvalue weighted by Gasteiger charge is -2.22. The molecule has 1 amide bonds. The lowest BCUT2D eigenvalue weighted by molar-refractivity contribution is -0.186. The van der Waals surface area contributed by atoms with E-state index >= 15 is 0 Å². The first-order valence-electron chi connectivity index (χ1n) is 8.52. The van der Waals surface area contributed by atoms with Gasteiger partial charge in [0.05, 0.1) is 0 Å². The molecule has 5 heteroatoms. The molecule has 0 spiro atoms. The Morgan fingerprint density at radius 1 is 1.22 bits per heavy atom. The molecule has 1 aromatic heterocycles. The summed E-state index contributed by atoms with van der Waals surface area (Å²) in [5.74, 6) is -0.216. The van der Waals surface area contributed by atoms with E-state index in [0.717, 1.165) is 37.6 Å². The Morgan fingerprint density at radius 2 is 2.13 bits per heavy atom. The fraction of sp³-hybridized carbons (Fsp3) is 0.500. The predicted octanol–water partition coefficient (Wildman–Crippen LogP) is 3.23. The van der Waals surface area contributed by atoms with Crippen LogP contribution < -0.4 is 5.48 Å². The number of H-pyrrole nitrogens is 1. The second-order valence-electron chi connectivity index (χ2n) is 6.39. The second-order valence-corrected chi connectivity index (χ2v) is 6.39. The number of aryl methyl sites for hydroxylation is 2. The van der Waals surface area contributed by atoms with Gasteiger partial charge >= 0.3 is 0 Å². The number of carbonyl (C=O) groups is 1. The number of aromatic nitrogens is 1. The van der Waals surface area contributed by atoms with Gasteiger partial charge in [-0.05, 0) is 62.3 Å². The first-order valence-corrected chi connectivity index (χ1v) is 8.52. The Hall–Kier alpha value is -1.85. The summed E-state index contributed by atoms with van der Waals surface area (Å²) < 4.78 is 5.45. The maximum Gasteiger partial charge on any atom is 0.274 e. The zero-order chi connectivity index (χ0) is 15.6. The Balaban J connectivity index is 1.50. The van der Waals surface area contributed by atoms with E-state index in [2.05, 4.69) is 10.5 Å². The van der Waals surface area contributed by atoms with Gasteiger partial charge in [-0.1, -0.05) is 0 Å². The zero-order valence-corrected chi connectivity index (χ0v) is 13.2. The number of benzene rings is 1. The molecule has 1 aromatic carbocycles. The molecule has 4 rings (SSSR count). The maximum absolute atomic E-state index is 12.3.